The van der Waals surface area contributed by atoms with Crippen LogP contribution in [0.2, 0.25) is 0 Å². The Balaban J connectivity index is 0.000000203. The van der Waals surface area contributed by atoms with Gasteiger partial charge in [0.2, 0.25) is 6.41 Å². The van der Waals surface area contributed by atoms with E-state index in [2.05, 4.69) is 22.2 Å². The van der Waals surface area contributed by atoms with Gasteiger partial charge in [0.15, 0.2) is 0 Å². The molecule has 0 saturated carbocycles. The number of alkyl halides is 3. The molecule has 7 nitrogen and oxygen atoms in total. The van der Waals surface area contributed by atoms with Crippen molar-refractivity contribution in [3.8, 4) is 0 Å². The van der Waals surface area contributed by atoms with Gasteiger partial charge in [-0.05, 0) is 56.9 Å². The summed E-state index contributed by atoms with van der Waals surface area (Å²) in [6.45, 7) is 3.86. The highest BCUT2D eigenvalue weighted by atomic mass is 32.2. The molecule has 3 heterocycles. The Hall–Kier alpha value is -2.60. The molecule has 2 saturated heterocycles. The Bertz CT molecular complexity index is 985. The number of nitrogens with zero attached hydrogens (tertiary/aromatic N) is 4. The number of hydrogen-bond donors (Lipinski definition) is 1. The first kappa shape index (κ1) is 27.0. The van der Waals surface area contributed by atoms with Gasteiger partial charge in [0.1, 0.15) is 28.9 Å². The topological polar surface area (TPSA) is 78.4 Å². The quantitative estimate of drug-likeness (QED) is 0.467. The molecule has 4 rings (SSSR count). The first-order valence-electron chi connectivity index (χ1n) is 11.4. The molecule has 0 radical (unpaired) electrons. The number of carbonyl (C=O) groups excluding carboxylic acids is 1. The van der Waals surface area contributed by atoms with Gasteiger partial charge in [-0.25, -0.2) is 22.9 Å². The summed E-state index contributed by atoms with van der Waals surface area (Å²) >= 11 is 0. The van der Waals surface area contributed by atoms with Crippen molar-refractivity contribution in [1.82, 2.24) is 19.6 Å². The predicted octanol–water partition coefficient (Wildman–Crippen LogP) is 3.83. The molecule has 192 valence electrons. The average Bonchev–Trinajstić information content (AvgIpc) is 3.28. The van der Waals surface area contributed by atoms with Crippen molar-refractivity contribution in [3.63, 3.8) is 0 Å². The Morgan fingerprint density at radius 3 is 2.37 bits per heavy atom. The average molecular weight is 516 g/mol. The van der Waals surface area contributed by atoms with Crippen molar-refractivity contribution in [1.29, 1.82) is 0 Å². The Morgan fingerprint density at radius 1 is 1.11 bits per heavy atom. The summed E-state index contributed by atoms with van der Waals surface area (Å²) in [5.74, 6) is -0.912. The van der Waals surface area contributed by atoms with E-state index in [9.17, 15) is 26.6 Å². The van der Waals surface area contributed by atoms with E-state index in [1.807, 2.05) is 9.21 Å². The van der Waals surface area contributed by atoms with E-state index in [-0.39, 0.29) is 25.2 Å². The fraction of sp³-hybridized carbons (Fsp3) is 0.522. The molecule has 2 aliphatic rings. The summed E-state index contributed by atoms with van der Waals surface area (Å²) in [5.41, 5.74) is 0.625. The SMILES string of the molecule is CC1CCCN1S(=O)c1ccc(F)cc1.O=CNCc1cc(N2CCC(C(F)(F)F)CC2)ncn1. The standard InChI is InChI=1S/C12H15F3N4O.C11H14FNOS/c13-12(14,15)9-1-3-19(4-2-9)11-5-10(6-16-8-20)17-7-18-11;1-9-3-2-8-13(9)15(14)11-6-4-10(12)5-7-11/h5,7-9H,1-4,6H2,(H,16,20);4-7,9H,2-3,8H2,1H3. The van der Waals surface area contributed by atoms with Crippen LogP contribution in [0.5, 0.6) is 0 Å². The van der Waals surface area contributed by atoms with E-state index < -0.39 is 23.1 Å². The zero-order valence-electron chi connectivity index (χ0n) is 19.4. The number of hydrogen-bond acceptors (Lipinski definition) is 5. The van der Waals surface area contributed by atoms with Crippen LogP contribution >= 0.6 is 0 Å². The third kappa shape index (κ3) is 7.69. The van der Waals surface area contributed by atoms with Crippen LogP contribution in [0.1, 0.15) is 38.3 Å². The van der Waals surface area contributed by atoms with Gasteiger partial charge >= 0.3 is 6.18 Å². The summed E-state index contributed by atoms with van der Waals surface area (Å²) < 4.78 is 64.5. The lowest BCUT2D eigenvalue weighted by atomic mass is 9.96. The number of benzene rings is 1. The third-order valence-corrected chi connectivity index (χ3v) is 7.72. The lowest BCUT2D eigenvalue weighted by Crippen LogP contribution is -2.39. The van der Waals surface area contributed by atoms with Crippen LogP contribution in [-0.4, -0.2) is 56.7 Å². The lowest BCUT2D eigenvalue weighted by Gasteiger charge is -2.33. The maximum Gasteiger partial charge on any atom is 0.391 e. The predicted molar refractivity (Wildman–Crippen MR) is 124 cm³/mol. The summed E-state index contributed by atoms with van der Waals surface area (Å²) in [6.07, 6.45) is 0.145. The van der Waals surface area contributed by atoms with Gasteiger partial charge in [0.05, 0.1) is 23.1 Å². The summed E-state index contributed by atoms with van der Waals surface area (Å²) in [5, 5.41) is 2.48. The zero-order chi connectivity index (χ0) is 25.4. The second kappa shape index (κ2) is 12.4. The van der Waals surface area contributed by atoms with Crippen LogP contribution in [0.4, 0.5) is 23.4 Å². The molecule has 1 aromatic heterocycles. The number of piperidine rings is 1. The molecular formula is C23H29F4N5O2S. The normalized spacial score (nSPS) is 20.1. The fourth-order valence-corrected chi connectivity index (χ4v) is 5.44. The van der Waals surface area contributed by atoms with E-state index >= 15 is 0 Å². The van der Waals surface area contributed by atoms with Gasteiger partial charge in [-0.2, -0.15) is 13.2 Å². The van der Waals surface area contributed by atoms with Crippen molar-refractivity contribution < 1.29 is 26.6 Å². The number of aromatic nitrogens is 2. The van der Waals surface area contributed by atoms with Gasteiger partial charge in [-0.15, -0.1) is 0 Å². The van der Waals surface area contributed by atoms with Crippen molar-refractivity contribution >= 4 is 23.2 Å². The van der Waals surface area contributed by atoms with Crippen molar-refractivity contribution in [2.75, 3.05) is 24.5 Å². The zero-order valence-corrected chi connectivity index (χ0v) is 20.2. The van der Waals surface area contributed by atoms with Crippen LogP contribution in [0, 0.1) is 11.7 Å². The van der Waals surface area contributed by atoms with E-state index in [1.54, 1.807) is 18.2 Å². The Kier molecular flexibility index (Phi) is 9.55. The molecular weight excluding hydrogens is 486 g/mol. The fourth-order valence-electron chi connectivity index (χ4n) is 4.08. The molecule has 2 atom stereocenters. The minimum atomic E-state index is -4.11. The van der Waals surface area contributed by atoms with Gasteiger partial charge in [-0.1, -0.05) is 0 Å². The maximum absolute atomic E-state index is 12.7. The second-order valence-electron chi connectivity index (χ2n) is 8.50. The molecule has 12 heteroatoms. The molecule has 1 aromatic carbocycles. The van der Waals surface area contributed by atoms with Gasteiger partial charge < -0.3 is 10.2 Å². The largest absolute Gasteiger partial charge is 0.391 e. The van der Waals surface area contributed by atoms with E-state index in [1.165, 1.54) is 18.5 Å². The van der Waals surface area contributed by atoms with Gasteiger partial charge in [0.25, 0.3) is 0 Å². The monoisotopic (exact) mass is 515 g/mol. The van der Waals surface area contributed by atoms with Gasteiger partial charge in [-0.3, -0.25) is 4.79 Å². The highest BCUT2D eigenvalue weighted by molar-refractivity contribution is 7.82. The molecule has 35 heavy (non-hydrogen) atoms. The highest BCUT2D eigenvalue weighted by Crippen LogP contribution is 2.35. The minimum absolute atomic E-state index is 0.0788. The minimum Gasteiger partial charge on any atom is -0.356 e. The van der Waals surface area contributed by atoms with Crippen LogP contribution in [0.15, 0.2) is 41.6 Å². The number of halogens is 4. The molecule has 1 N–H and O–H groups in total. The van der Waals surface area contributed by atoms with E-state index in [0.717, 1.165) is 19.4 Å². The van der Waals surface area contributed by atoms with Crippen LogP contribution < -0.4 is 10.2 Å². The molecule has 1 amide bonds. The van der Waals surface area contributed by atoms with Crippen molar-refractivity contribution in [2.45, 2.75) is 56.3 Å². The van der Waals surface area contributed by atoms with Crippen LogP contribution in [0.25, 0.3) is 0 Å². The molecule has 0 bridgehead atoms. The molecule has 2 aliphatic heterocycles. The van der Waals surface area contributed by atoms with E-state index in [4.69, 9.17) is 0 Å². The number of carbonyl (C=O) groups is 1. The Morgan fingerprint density at radius 2 is 1.80 bits per heavy atom. The highest BCUT2D eigenvalue weighted by Gasteiger charge is 2.41. The molecule has 0 aliphatic carbocycles. The third-order valence-electron chi connectivity index (χ3n) is 6.08. The number of amides is 1. The smallest absolute Gasteiger partial charge is 0.356 e. The van der Waals surface area contributed by atoms with Gasteiger partial charge in [0, 0.05) is 31.7 Å². The van der Waals surface area contributed by atoms with Crippen molar-refractivity contribution in [2.24, 2.45) is 5.92 Å². The van der Waals surface area contributed by atoms with E-state index in [0.29, 0.717) is 41.9 Å². The second-order valence-corrected chi connectivity index (χ2v) is 9.94. The summed E-state index contributed by atoms with van der Waals surface area (Å²) in [7, 11) is -1.13. The summed E-state index contributed by atoms with van der Waals surface area (Å²) in [4.78, 5) is 20.8. The first-order chi connectivity index (χ1) is 16.7. The number of nitrogens with one attached hydrogen (secondary N) is 1. The van der Waals surface area contributed by atoms with Crippen LogP contribution in [-0.2, 0) is 22.3 Å². The van der Waals surface area contributed by atoms with Crippen molar-refractivity contribution in [3.05, 3.63) is 48.2 Å². The lowest BCUT2D eigenvalue weighted by molar-refractivity contribution is -0.179. The number of anilines is 1. The van der Waals surface area contributed by atoms with Crippen LogP contribution in [0.3, 0.4) is 0 Å². The Labute approximate surface area is 204 Å². The first-order valence-corrected chi connectivity index (χ1v) is 12.5. The summed E-state index contributed by atoms with van der Waals surface area (Å²) in [6, 6.07) is 7.94. The maximum atomic E-state index is 12.7. The molecule has 2 fully saturated rings. The molecule has 2 unspecified atom stereocenters. The number of rotatable bonds is 6. The molecule has 2 aromatic rings. The molecule has 0 spiro atoms.